The van der Waals surface area contributed by atoms with Crippen molar-refractivity contribution in [3.05, 3.63) is 35.9 Å². The molecule has 0 aliphatic carbocycles. The number of nitrogens with two attached hydrogens (primary N) is 2. The van der Waals surface area contributed by atoms with Crippen molar-refractivity contribution in [1.82, 2.24) is 16.0 Å². The number of nitrogens with one attached hydrogen (secondary N) is 3. The molecule has 1 rings (SSSR count). The Labute approximate surface area is 182 Å². The van der Waals surface area contributed by atoms with E-state index in [0.29, 0.717) is 5.56 Å². The van der Waals surface area contributed by atoms with Crippen LogP contribution in [-0.2, 0) is 35.2 Å². The lowest BCUT2D eigenvalue weighted by molar-refractivity contribution is -0.147. The molecule has 13 nitrogen and oxygen atoms in total. The van der Waals surface area contributed by atoms with E-state index in [1.54, 1.807) is 30.3 Å². The number of carbonyl (C=O) groups is 6. The molecule has 1 aromatic rings. The molecule has 0 spiro atoms. The SMILES string of the molecule is NC(=O)CC(N)C(=O)NCC(=O)NC(Cc1ccccc1)C(=O)NC(CC(=O)O)C(=O)O. The normalized spacial score (nSPS) is 13.2. The summed E-state index contributed by atoms with van der Waals surface area (Å²) in [5.74, 6) is -6.32. The van der Waals surface area contributed by atoms with Gasteiger partial charge < -0.3 is 37.6 Å². The van der Waals surface area contributed by atoms with Crippen LogP contribution in [0.5, 0.6) is 0 Å². The Morgan fingerprint density at radius 3 is 2.03 bits per heavy atom. The van der Waals surface area contributed by atoms with E-state index in [-0.39, 0.29) is 6.42 Å². The molecule has 9 N–H and O–H groups in total. The highest BCUT2D eigenvalue weighted by molar-refractivity contribution is 5.94. The van der Waals surface area contributed by atoms with Gasteiger partial charge in [0.2, 0.25) is 23.6 Å². The molecular weight excluding hydrogens is 426 g/mol. The van der Waals surface area contributed by atoms with Crippen molar-refractivity contribution in [2.45, 2.75) is 37.4 Å². The molecule has 0 saturated heterocycles. The van der Waals surface area contributed by atoms with Crippen LogP contribution in [-0.4, -0.2) is 70.5 Å². The largest absolute Gasteiger partial charge is 0.481 e. The molecule has 0 bridgehead atoms. The van der Waals surface area contributed by atoms with E-state index >= 15 is 0 Å². The number of benzene rings is 1. The summed E-state index contributed by atoms with van der Waals surface area (Å²) in [6, 6.07) is 4.23. The monoisotopic (exact) mass is 451 g/mol. The van der Waals surface area contributed by atoms with Crippen molar-refractivity contribution >= 4 is 35.6 Å². The summed E-state index contributed by atoms with van der Waals surface area (Å²) in [4.78, 5) is 69.5. The van der Waals surface area contributed by atoms with Crippen molar-refractivity contribution < 1.29 is 39.0 Å². The third-order valence-electron chi connectivity index (χ3n) is 4.11. The predicted molar refractivity (Wildman–Crippen MR) is 109 cm³/mol. The zero-order chi connectivity index (χ0) is 24.3. The van der Waals surface area contributed by atoms with E-state index in [0.717, 1.165) is 0 Å². The maximum Gasteiger partial charge on any atom is 0.326 e. The van der Waals surface area contributed by atoms with Gasteiger partial charge in [-0.15, -0.1) is 0 Å². The van der Waals surface area contributed by atoms with Gasteiger partial charge in [0.05, 0.1) is 25.4 Å². The summed E-state index contributed by atoms with van der Waals surface area (Å²) >= 11 is 0. The molecule has 0 aromatic heterocycles. The molecule has 0 radical (unpaired) electrons. The van der Waals surface area contributed by atoms with E-state index in [2.05, 4.69) is 16.0 Å². The van der Waals surface area contributed by atoms with E-state index < -0.39 is 73.1 Å². The maximum atomic E-state index is 12.6. The number of hydrogen-bond acceptors (Lipinski definition) is 7. The highest BCUT2D eigenvalue weighted by atomic mass is 16.4. The molecule has 174 valence electrons. The summed E-state index contributed by atoms with van der Waals surface area (Å²) in [6.07, 6.45) is -1.32. The molecule has 0 saturated carbocycles. The molecule has 4 amide bonds. The number of aliphatic carboxylic acids is 2. The van der Waals surface area contributed by atoms with Crippen LogP contribution in [0.4, 0.5) is 0 Å². The molecule has 1 aromatic carbocycles. The summed E-state index contributed by atoms with van der Waals surface area (Å²) in [7, 11) is 0. The number of hydrogen-bond donors (Lipinski definition) is 7. The first kappa shape index (κ1) is 26.0. The fourth-order valence-corrected chi connectivity index (χ4v) is 2.56. The Bertz CT molecular complexity index is 861. The molecule has 3 unspecified atom stereocenters. The summed E-state index contributed by atoms with van der Waals surface area (Å²) in [5.41, 5.74) is 11.0. The number of primary amides is 1. The maximum absolute atomic E-state index is 12.6. The molecule has 3 atom stereocenters. The molecule has 32 heavy (non-hydrogen) atoms. The smallest absolute Gasteiger partial charge is 0.326 e. The minimum absolute atomic E-state index is 0.0348. The lowest BCUT2D eigenvalue weighted by atomic mass is 10.0. The zero-order valence-corrected chi connectivity index (χ0v) is 16.9. The molecule has 0 heterocycles. The lowest BCUT2D eigenvalue weighted by Crippen LogP contribution is -2.54. The van der Waals surface area contributed by atoms with Crippen LogP contribution in [0.1, 0.15) is 18.4 Å². The third kappa shape index (κ3) is 9.67. The van der Waals surface area contributed by atoms with Gasteiger partial charge in [-0.2, -0.15) is 0 Å². The lowest BCUT2D eigenvalue weighted by Gasteiger charge is -2.21. The fourth-order valence-electron chi connectivity index (χ4n) is 2.56. The minimum Gasteiger partial charge on any atom is -0.481 e. The Morgan fingerprint density at radius 2 is 1.50 bits per heavy atom. The van der Waals surface area contributed by atoms with Gasteiger partial charge in [0, 0.05) is 6.42 Å². The number of amides is 4. The van der Waals surface area contributed by atoms with Gasteiger partial charge >= 0.3 is 11.9 Å². The second-order valence-corrected chi connectivity index (χ2v) is 6.80. The van der Waals surface area contributed by atoms with Gasteiger partial charge in [0.15, 0.2) is 0 Å². The number of carbonyl (C=O) groups excluding carboxylic acids is 4. The van der Waals surface area contributed by atoms with Gasteiger partial charge in [-0.05, 0) is 5.56 Å². The standard InChI is InChI=1S/C19H25N5O8/c20-11(7-14(21)25)17(29)22-9-15(26)23-12(6-10-4-2-1-3-5-10)18(30)24-13(19(31)32)8-16(27)28/h1-5,11-13H,6-9,20H2,(H2,21,25)(H,22,29)(H,23,26)(H,24,30)(H,27,28)(H,31,32). The van der Waals surface area contributed by atoms with Crippen LogP contribution in [0.25, 0.3) is 0 Å². The van der Waals surface area contributed by atoms with Crippen molar-refractivity contribution in [2.75, 3.05) is 6.54 Å². The van der Waals surface area contributed by atoms with Gasteiger partial charge in [-0.25, -0.2) is 4.79 Å². The third-order valence-corrected chi connectivity index (χ3v) is 4.11. The summed E-state index contributed by atoms with van der Waals surface area (Å²) in [5, 5.41) is 24.6. The van der Waals surface area contributed by atoms with Crippen molar-refractivity contribution in [1.29, 1.82) is 0 Å². The first-order chi connectivity index (χ1) is 15.0. The van der Waals surface area contributed by atoms with Gasteiger partial charge in [-0.1, -0.05) is 30.3 Å². The molecule has 0 fully saturated rings. The highest BCUT2D eigenvalue weighted by Gasteiger charge is 2.28. The quantitative estimate of drug-likeness (QED) is 0.162. The first-order valence-corrected chi connectivity index (χ1v) is 9.39. The number of carboxylic acids is 2. The number of rotatable bonds is 13. The average molecular weight is 451 g/mol. The fraction of sp³-hybridized carbons (Fsp3) is 0.368. The average Bonchev–Trinajstić information content (AvgIpc) is 2.70. The minimum atomic E-state index is -1.71. The van der Waals surface area contributed by atoms with Gasteiger partial charge in [0.25, 0.3) is 0 Å². The Kier molecular flexibility index (Phi) is 10.3. The van der Waals surface area contributed by atoms with Gasteiger partial charge in [-0.3, -0.25) is 24.0 Å². The van der Waals surface area contributed by atoms with E-state index in [9.17, 15) is 28.8 Å². The van der Waals surface area contributed by atoms with Gasteiger partial charge in [0.1, 0.15) is 12.1 Å². The van der Waals surface area contributed by atoms with Crippen LogP contribution in [0, 0.1) is 0 Å². The van der Waals surface area contributed by atoms with E-state index in [1.165, 1.54) is 0 Å². The van der Waals surface area contributed by atoms with Crippen molar-refractivity contribution in [2.24, 2.45) is 11.5 Å². The van der Waals surface area contributed by atoms with E-state index in [1.807, 2.05) is 0 Å². The second kappa shape index (κ2) is 12.6. The van der Waals surface area contributed by atoms with Crippen molar-refractivity contribution in [3.8, 4) is 0 Å². The van der Waals surface area contributed by atoms with Crippen LogP contribution in [0.2, 0.25) is 0 Å². The van der Waals surface area contributed by atoms with E-state index in [4.69, 9.17) is 21.7 Å². The zero-order valence-electron chi connectivity index (χ0n) is 16.9. The van der Waals surface area contributed by atoms with Crippen LogP contribution in [0.15, 0.2) is 30.3 Å². The predicted octanol–water partition coefficient (Wildman–Crippen LogP) is -2.92. The molecule has 13 heteroatoms. The molecule has 0 aliphatic heterocycles. The Hall–Kier alpha value is -4.00. The van der Waals surface area contributed by atoms with Crippen LogP contribution < -0.4 is 27.4 Å². The van der Waals surface area contributed by atoms with Crippen LogP contribution in [0.3, 0.4) is 0 Å². The Balaban J connectivity index is 2.84. The summed E-state index contributed by atoms with van der Waals surface area (Å²) in [6.45, 7) is -0.582. The molecule has 0 aliphatic rings. The summed E-state index contributed by atoms with van der Waals surface area (Å²) < 4.78 is 0. The van der Waals surface area contributed by atoms with Crippen LogP contribution >= 0.6 is 0 Å². The number of carboxylic acid groups (broad SMARTS) is 2. The van der Waals surface area contributed by atoms with Crippen molar-refractivity contribution in [3.63, 3.8) is 0 Å². The Morgan fingerprint density at radius 1 is 0.875 bits per heavy atom. The topological polar surface area (TPSA) is 231 Å². The first-order valence-electron chi connectivity index (χ1n) is 9.39. The highest BCUT2D eigenvalue weighted by Crippen LogP contribution is 2.05. The second-order valence-electron chi connectivity index (χ2n) is 6.80. The molecular formula is C19H25N5O8.